The molecule has 0 amide bonds. The molecule has 10 N–H and O–H groups in total. The van der Waals surface area contributed by atoms with Crippen molar-refractivity contribution in [3.05, 3.63) is 146 Å². The van der Waals surface area contributed by atoms with E-state index >= 15 is 0 Å². The third-order valence-corrected chi connectivity index (χ3v) is 7.84. The predicted molar refractivity (Wildman–Crippen MR) is 205 cm³/mol. The van der Waals surface area contributed by atoms with Gasteiger partial charge in [-0.25, -0.2) is 0 Å². The van der Waals surface area contributed by atoms with Crippen LogP contribution in [0.3, 0.4) is 0 Å². The Morgan fingerprint density at radius 3 is 1.20 bits per heavy atom. The second-order valence-electron chi connectivity index (χ2n) is 10.7. The van der Waals surface area contributed by atoms with Gasteiger partial charge in [0.2, 0.25) is 0 Å². The zero-order valence-corrected chi connectivity index (χ0v) is 28.4. The average molecular weight is 693 g/mol. The van der Waals surface area contributed by atoms with Gasteiger partial charge in [-0.3, -0.25) is 4.55 Å². The minimum Gasteiger partial charge on any atom is -0.497 e. The van der Waals surface area contributed by atoms with Crippen molar-refractivity contribution >= 4 is 61.3 Å². The van der Waals surface area contributed by atoms with Gasteiger partial charge in [-0.05, 0) is 127 Å². The molecule has 0 saturated carbocycles. The van der Waals surface area contributed by atoms with Crippen LogP contribution in [0.4, 0.5) is 51.2 Å². The van der Waals surface area contributed by atoms with E-state index < -0.39 is 10.1 Å². The molecule has 12 heteroatoms. The second kappa shape index (κ2) is 17.7. The highest BCUT2D eigenvalue weighted by Crippen LogP contribution is 2.26. The molecule has 0 aliphatic heterocycles. The highest BCUT2D eigenvalue weighted by Gasteiger charge is 2.14. The number of hydrogen-bond acceptors (Lipinski definition) is 10. The number of ether oxygens (including phenoxy) is 2. The van der Waals surface area contributed by atoms with Gasteiger partial charge < -0.3 is 42.6 Å². The second-order valence-corrected chi connectivity index (χ2v) is 12.1. The number of anilines is 9. The maximum Gasteiger partial charge on any atom is 0.296 e. The lowest BCUT2D eigenvalue weighted by Crippen LogP contribution is -2.04. The van der Waals surface area contributed by atoms with Gasteiger partial charge in [0, 0.05) is 45.5 Å². The summed E-state index contributed by atoms with van der Waals surface area (Å²) in [6.07, 6.45) is 0. The molecule has 0 radical (unpaired) electrons. The Kier molecular flexibility index (Phi) is 12.9. The maximum atomic E-state index is 11.2. The van der Waals surface area contributed by atoms with Gasteiger partial charge in [0.05, 0.1) is 19.9 Å². The van der Waals surface area contributed by atoms with Crippen molar-refractivity contribution < 1.29 is 22.4 Å². The molecule has 0 atom stereocenters. The fourth-order valence-corrected chi connectivity index (χ4v) is 4.98. The van der Waals surface area contributed by atoms with Crippen LogP contribution in [0.1, 0.15) is 0 Å². The lowest BCUT2D eigenvalue weighted by Gasteiger charge is -2.09. The van der Waals surface area contributed by atoms with Gasteiger partial charge in [0.1, 0.15) is 16.4 Å². The normalized spacial score (nSPS) is 10.3. The summed E-state index contributed by atoms with van der Waals surface area (Å²) in [5, 5.41) is 9.56. The van der Waals surface area contributed by atoms with Crippen LogP contribution in [0.5, 0.6) is 11.5 Å². The third-order valence-electron chi connectivity index (χ3n) is 6.93. The number of para-hydroxylation sites is 1. The number of rotatable bonds is 9. The number of methoxy groups -OCH3 is 2. The predicted octanol–water partition coefficient (Wildman–Crippen LogP) is 8.30. The summed E-state index contributed by atoms with van der Waals surface area (Å²) in [6, 6.07) is 44.5. The standard InChI is InChI=1S/C13H14N2O4S.C13H14N2O.C12H12N2/c1-19-11-5-2-9(3-6-11)15-10-4-7-12(14)13(8-10)20(16,17)18;1-16-13-8-6-12(7-9-13)15-11-4-2-10(14)3-5-11;13-10-6-8-12(9-7-10)14-11-4-2-1-3-5-11/h2-8,15H,14H2,1H3,(H,16,17,18);2-9,15H,14H2,1H3;1-9,14H,13H2. The first-order valence-corrected chi connectivity index (χ1v) is 16.7. The summed E-state index contributed by atoms with van der Waals surface area (Å²) >= 11 is 0. The van der Waals surface area contributed by atoms with Gasteiger partial charge in [-0.2, -0.15) is 8.42 Å². The Morgan fingerprint density at radius 2 is 0.820 bits per heavy atom. The van der Waals surface area contributed by atoms with Crippen LogP contribution in [0.2, 0.25) is 0 Å². The van der Waals surface area contributed by atoms with Crippen molar-refractivity contribution in [2.45, 2.75) is 4.90 Å². The zero-order chi connectivity index (χ0) is 35.9. The first kappa shape index (κ1) is 36.5. The van der Waals surface area contributed by atoms with E-state index in [4.69, 9.17) is 31.2 Å². The molecule has 11 nitrogen and oxygen atoms in total. The largest absolute Gasteiger partial charge is 0.497 e. The number of benzene rings is 6. The molecule has 0 heterocycles. The molecule has 0 fully saturated rings. The van der Waals surface area contributed by atoms with Crippen molar-refractivity contribution in [1.82, 2.24) is 0 Å². The quantitative estimate of drug-likeness (QED) is 0.0570. The van der Waals surface area contributed by atoms with Crippen LogP contribution < -0.4 is 42.6 Å². The van der Waals surface area contributed by atoms with E-state index in [0.717, 1.165) is 45.6 Å². The highest BCUT2D eigenvalue weighted by molar-refractivity contribution is 7.86. The van der Waals surface area contributed by atoms with E-state index in [-0.39, 0.29) is 10.6 Å². The fourth-order valence-electron chi connectivity index (χ4n) is 4.34. The molecule has 258 valence electrons. The topological polar surface area (TPSA) is 187 Å². The first-order valence-electron chi connectivity index (χ1n) is 15.2. The molecule has 0 aliphatic carbocycles. The van der Waals surface area contributed by atoms with Gasteiger partial charge in [0.25, 0.3) is 10.1 Å². The van der Waals surface area contributed by atoms with E-state index in [2.05, 4.69) is 16.0 Å². The Labute approximate surface area is 292 Å². The van der Waals surface area contributed by atoms with Crippen molar-refractivity contribution in [1.29, 1.82) is 0 Å². The minimum atomic E-state index is -4.34. The molecule has 6 rings (SSSR count). The molecule has 0 aromatic heterocycles. The molecular formula is C38H40N6O5S. The lowest BCUT2D eigenvalue weighted by molar-refractivity contribution is 0.415. The van der Waals surface area contributed by atoms with Gasteiger partial charge in [0.15, 0.2) is 0 Å². The van der Waals surface area contributed by atoms with E-state index in [1.54, 1.807) is 44.6 Å². The average Bonchev–Trinajstić information content (AvgIpc) is 3.12. The Bertz CT molecular complexity index is 2030. The summed E-state index contributed by atoms with van der Waals surface area (Å²) in [5.74, 6) is 1.56. The maximum absolute atomic E-state index is 11.2. The van der Waals surface area contributed by atoms with Crippen molar-refractivity contribution in [3.63, 3.8) is 0 Å². The molecule has 0 aliphatic rings. The number of nitrogen functional groups attached to an aromatic ring is 3. The monoisotopic (exact) mass is 692 g/mol. The van der Waals surface area contributed by atoms with Crippen LogP contribution >= 0.6 is 0 Å². The van der Waals surface area contributed by atoms with Gasteiger partial charge in [-0.15, -0.1) is 0 Å². The summed E-state index contributed by atoms with van der Waals surface area (Å²) in [6.45, 7) is 0. The SMILES string of the molecule is COc1ccc(Nc2ccc(N)c(S(=O)(=O)O)c2)cc1.COc1ccc(Nc2ccc(N)cc2)cc1.Nc1ccc(Nc2ccccc2)cc1. The lowest BCUT2D eigenvalue weighted by atomic mass is 10.2. The zero-order valence-electron chi connectivity index (χ0n) is 27.6. The molecule has 6 aromatic carbocycles. The van der Waals surface area contributed by atoms with Crippen molar-refractivity contribution in [3.8, 4) is 11.5 Å². The Balaban J connectivity index is 0.000000171. The molecule has 50 heavy (non-hydrogen) atoms. The van der Waals surface area contributed by atoms with Crippen LogP contribution in [-0.2, 0) is 10.1 Å². The smallest absolute Gasteiger partial charge is 0.296 e. The van der Waals surface area contributed by atoms with E-state index in [0.29, 0.717) is 11.4 Å². The summed E-state index contributed by atoms with van der Waals surface area (Å²) in [7, 11) is -1.12. The molecule has 6 aromatic rings. The highest BCUT2D eigenvalue weighted by atomic mass is 32.2. The Hall–Kier alpha value is -6.37. The molecule has 0 saturated heterocycles. The fraction of sp³-hybridized carbons (Fsp3) is 0.0526. The van der Waals surface area contributed by atoms with Gasteiger partial charge >= 0.3 is 0 Å². The van der Waals surface area contributed by atoms with E-state index in [1.807, 2.05) is 103 Å². The van der Waals surface area contributed by atoms with Crippen LogP contribution in [0.15, 0.2) is 150 Å². The molecule has 0 unspecified atom stereocenters. The van der Waals surface area contributed by atoms with Crippen LogP contribution in [0, 0.1) is 0 Å². The third kappa shape index (κ3) is 11.7. The van der Waals surface area contributed by atoms with Crippen LogP contribution in [0.25, 0.3) is 0 Å². The summed E-state index contributed by atoms with van der Waals surface area (Å²) < 4.78 is 41.6. The van der Waals surface area contributed by atoms with E-state index in [1.165, 1.54) is 12.1 Å². The Morgan fingerprint density at radius 1 is 0.480 bits per heavy atom. The summed E-state index contributed by atoms with van der Waals surface area (Å²) in [5.41, 5.74) is 23.7. The van der Waals surface area contributed by atoms with Crippen molar-refractivity contribution in [2.75, 3.05) is 47.4 Å². The van der Waals surface area contributed by atoms with Crippen molar-refractivity contribution in [2.24, 2.45) is 0 Å². The minimum absolute atomic E-state index is 0.00668. The molecule has 0 spiro atoms. The number of nitrogens with one attached hydrogen (secondary N) is 3. The molecular weight excluding hydrogens is 653 g/mol. The molecule has 0 bridgehead atoms. The number of nitrogens with two attached hydrogens (primary N) is 3. The van der Waals surface area contributed by atoms with Crippen LogP contribution in [-0.4, -0.2) is 27.2 Å². The van der Waals surface area contributed by atoms with E-state index in [9.17, 15) is 8.42 Å². The van der Waals surface area contributed by atoms with Gasteiger partial charge in [-0.1, -0.05) is 18.2 Å². The first-order chi connectivity index (χ1) is 24.0. The summed E-state index contributed by atoms with van der Waals surface area (Å²) in [4.78, 5) is -0.323. The number of hydrogen-bond donors (Lipinski definition) is 7.